The average Bonchev–Trinajstić information content (AvgIpc) is 2.44. The second-order valence-corrected chi connectivity index (χ2v) is 5.13. The molecule has 0 spiro atoms. The molecule has 0 saturated carbocycles. The van der Waals surface area contributed by atoms with Gasteiger partial charge in [0.1, 0.15) is 0 Å². The third-order valence-electron chi connectivity index (χ3n) is 2.12. The highest BCUT2D eigenvalue weighted by atomic mass is 35.5. The molecule has 0 amide bonds. The summed E-state index contributed by atoms with van der Waals surface area (Å²) in [5.41, 5.74) is -0.310. The summed E-state index contributed by atoms with van der Waals surface area (Å²) in [5.74, 6) is -1.64. The lowest BCUT2D eigenvalue weighted by molar-refractivity contribution is 0.0598. The third-order valence-corrected chi connectivity index (χ3v) is 3.60. The van der Waals surface area contributed by atoms with Gasteiger partial charge in [0.05, 0.1) is 42.1 Å². The zero-order valence-electron chi connectivity index (χ0n) is 9.88. The summed E-state index contributed by atoms with van der Waals surface area (Å²) < 4.78 is 35.6. The number of esters is 2. The first-order valence-electron chi connectivity index (χ1n) is 4.72. The van der Waals surface area contributed by atoms with Crippen molar-refractivity contribution in [1.29, 1.82) is 0 Å². The van der Waals surface area contributed by atoms with E-state index in [1.54, 1.807) is 0 Å². The van der Waals surface area contributed by atoms with E-state index < -0.39 is 27.0 Å². The molecule has 104 valence electrons. The summed E-state index contributed by atoms with van der Waals surface area (Å²) in [6.07, 6.45) is 0. The molecule has 0 unspecified atom stereocenters. The van der Waals surface area contributed by atoms with Crippen molar-refractivity contribution < 1.29 is 31.2 Å². The Morgan fingerprint density at radius 1 is 1.00 bits per heavy atom. The van der Waals surface area contributed by atoms with Gasteiger partial charge in [0.2, 0.25) is 0 Å². The maximum absolute atomic E-state index is 11.5. The summed E-state index contributed by atoms with van der Waals surface area (Å²) in [6.45, 7) is 0. The Labute approximate surface area is 114 Å². The molecule has 0 radical (unpaired) electrons. The number of carbonyl (C=O) groups is 2. The molecule has 1 rings (SSSR count). The smallest absolute Gasteiger partial charge is 0.337 e. The van der Waals surface area contributed by atoms with Crippen LogP contribution in [0.2, 0.25) is 0 Å². The van der Waals surface area contributed by atoms with Crippen LogP contribution in [0.5, 0.6) is 0 Å². The molecule has 0 aliphatic heterocycles. The molecule has 0 bridgehead atoms. The van der Waals surface area contributed by atoms with Crippen molar-refractivity contribution in [3.05, 3.63) is 29.3 Å². The minimum Gasteiger partial charge on any atom is -0.465 e. The van der Waals surface area contributed by atoms with E-state index >= 15 is 0 Å². The van der Waals surface area contributed by atoms with Crippen LogP contribution in [0.15, 0.2) is 23.1 Å². The first-order chi connectivity index (χ1) is 8.85. The number of methoxy groups -OCH3 is 2. The summed E-state index contributed by atoms with van der Waals surface area (Å²) in [5, 5.41) is 0. The summed E-state index contributed by atoms with van der Waals surface area (Å²) in [4.78, 5) is 22.3. The van der Waals surface area contributed by atoms with E-state index in [9.17, 15) is 18.0 Å². The van der Waals surface area contributed by atoms with E-state index in [2.05, 4.69) is 13.2 Å². The van der Waals surface area contributed by atoms with Crippen molar-refractivity contribution in [3.8, 4) is 0 Å². The second-order valence-electron chi connectivity index (χ2n) is 3.25. The Morgan fingerprint density at radius 2 is 1.42 bits per heavy atom. The van der Waals surface area contributed by atoms with Gasteiger partial charge in [0.25, 0.3) is 0 Å². The molecule has 0 aliphatic rings. The quantitative estimate of drug-likeness (QED) is 0.769. The Kier molecular flexibility index (Phi) is 4.87. The van der Waals surface area contributed by atoms with Gasteiger partial charge in [-0.25, -0.2) is 9.59 Å². The standard InChI is InChI=1S/C10H9ClO7S/c1-16-9(12)6-3-7(10(13)17-2)5-8(4-6)19(14,15)18-11/h3-5H,1-2H3. The molecule has 0 N–H and O–H groups in total. The van der Waals surface area contributed by atoms with Crippen LogP contribution in [0.25, 0.3) is 0 Å². The van der Waals surface area contributed by atoms with Crippen molar-refractivity contribution in [2.45, 2.75) is 4.90 Å². The SMILES string of the molecule is COC(=O)c1cc(C(=O)OC)cc(S(=O)(=O)OCl)c1. The van der Waals surface area contributed by atoms with E-state index in [4.69, 9.17) is 11.9 Å². The van der Waals surface area contributed by atoms with Crippen LogP contribution in [0, 0.1) is 0 Å². The fourth-order valence-corrected chi connectivity index (χ4v) is 2.08. The van der Waals surface area contributed by atoms with Crippen LogP contribution >= 0.6 is 11.9 Å². The van der Waals surface area contributed by atoms with Crippen LogP contribution in [0.1, 0.15) is 20.7 Å². The van der Waals surface area contributed by atoms with Gasteiger partial charge in [-0.3, -0.25) is 0 Å². The normalized spacial score (nSPS) is 10.9. The molecule has 7 nitrogen and oxygen atoms in total. The molecule has 0 heterocycles. The molecule has 0 aromatic heterocycles. The highest BCUT2D eigenvalue weighted by Crippen LogP contribution is 2.19. The monoisotopic (exact) mass is 308 g/mol. The van der Waals surface area contributed by atoms with E-state index in [1.807, 2.05) is 0 Å². The minimum absolute atomic E-state index is 0.155. The number of rotatable bonds is 4. The third kappa shape index (κ3) is 3.43. The van der Waals surface area contributed by atoms with Crippen molar-refractivity contribution in [3.63, 3.8) is 0 Å². The van der Waals surface area contributed by atoms with Crippen LogP contribution in [0.4, 0.5) is 0 Å². The first kappa shape index (κ1) is 15.4. The number of halogens is 1. The molecular weight excluding hydrogens is 300 g/mol. The minimum atomic E-state index is -4.28. The fraction of sp³-hybridized carbons (Fsp3) is 0.200. The van der Waals surface area contributed by atoms with Crippen LogP contribution < -0.4 is 0 Å². The van der Waals surface area contributed by atoms with Crippen molar-refractivity contribution in [1.82, 2.24) is 0 Å². The Hall–Kier alpha value is -1.64. The first-order valence-corrected chi connectivity index (χ1v) is 6.44. The molecule has 1 aromatic carbocycles. The second kappa shape index (κ2) is 6.00. The predicted octanol–water partition coefficient (Wildman–Crippen LogP) is 1.12. The van der Waals surface area contributed by atoms with Gasteiger partial charge in [0.15, 0.2) is 0 Å². The molecule has 0 aliphatic carbocycles. The predicted molar refractivity (Wildman–Crippen MR) is 63.2 cm³/mol. The molecule has 0 fully saturated rings. The largest absolute Gasteiger partial charge is 0.465 e. The van der Waals surface area contributed by atoms with E-state index in [0.717, 1.165) is 32.4 Å². The van der Waals surface area contributed by atoms with E-state index in [0.29, 0.717) is 0 Å². The lowest BCUT2D eigenvalue weighted by atomic mass is 10.1. The van der Waals surface area contributed by atoms with Gasteiger partial charge in [-0.2, -0.15) is 12.2 Å². The number of benzene rings is 1. The van der Waals surface area contributed by atoms with E-state index in [-0.39, 0.29) is 11.1 Å². The van der Waals surface area contributed by atoms with Gasteiger partial charge in [0, 0.05) is 0 Å². The summed E-state index contributed by atoms with van der Waals surface area (Å²) in [7, 11) is -2.06. The zero-order chi connectivity index (χ0) is 14.6. The molecule has 1 aromatic rings. The molecule has 19 heavy (non-hydrogen) atoms. The zero-order valence-corrected chi connectivity index (χ0v) is 11.4. The van der Waals surface area contributed by atoms with Gasteiger partial charge in [-0.15, -0.1) is 0 Å². The van der Waals surface area contributed by atoms with Gasteiger partial charge >= 0.3 is 22.1 Å². The Bertz CT molecular complexity index is 574. The van der Waals surface area contributed by atoms with Crippen molar-refractivity contribution in [2.75, 3.05) is 14.2 Å². The number of hydrogen-bond donors (Lipinski definition) is 0. The molecule has 9 heteroatoms. The summed E-state index contributed by atoms with van der Waals surface area (Å²) in [6, 6.07) is 3.07. The average molecular weight is 309 g/mol. The van der Waals surface area contributed by atoms with Crippen molar-refractivity contribution >= 4 is 33.9 Å². The topological polar surface area (TPSA) is 96.0 Å². The highest BCUT2D eigenvalue weighted by Gasteiger charge is 2.21. The lowest BCUT2D eigenvalue weighted by Gasteiger charge is -2.06. The fourth-order valence-electron chi connectivity index (χ4n) is 1.25. The molecule has 0 atom stereocenters. The van der Waals surface area contributed by atoms with Gasteiger partial charge in [-0.1, -0.05) is 0 Å². The highest BCUT2D eigenvalue weighted by molar-refractivity contribution is 7.87. The van der Waals surface area contributed by atoms with Gasteiger partial charge in [-0.05, 0) is 18.2 Å². The maximum Gasteiger partial charge on any atom is 0.337 e. The number of ether oxygens (including phenoxy) is 2. The Morgan fingerprint density at radius 3 is 1.74 bits per heavy atom. The maximum atomic E-state index is 11.5. The number of carbonyl (C=O) groups excluding carboxylic acids is 2. The van der Waals surface area contributed by atoms with E-state index in [1.165, 1.54) is 0 Å². The van der Waals surface area contributed by atoms with Crippen molar-refractivity contribution in [2.24, 2.45) is 0 Å². The molecule has 0 saturated heterocycles. The number of hydrogen-bond acceptors (Lipinski definition) is 7. The Balaban J connectivity index is 3.49. The van der Waals surface area contributed by atoms with Gasteiger partial charge < -0.3 is 9.47 Å². The molecular formula is C10H9ClO7S. The van der Waals surface area contributed by atoms with Crippen LogP contribution in [0.3, 0.4) is 0 Å². The summed E-state index contributed by atoms with van der Waals surface area (Å²) >= 11 is 4.84. The van der Waals surface area contributed by atoms with Crippen LogP contribution in [-0.4, -0.2) is 34.6 Å². The lowest BCUT2D eigenvalue weighted by Crippen LogP contribution is -2.10. The van der Waals surface area contributed by atoms with Crippen LogP contribution in [-0.2, 0) is 23.3 Å².